The van der Waals surface area contributed by atoms with E-state index in [1.807, 2.05) is 36.4 Å². The molecule has 2 rings (SSSR count). The van der Waals surface area contributed by atoms with Crippen LogP contribution in [0.1, 0.15) is 22.3 Å². The van der Waals surface area contributed by atoms with Crippen molar-refractivity contribution in [2.75, 3.05) is 6.54 Å². The number of amides is 1. The van der Waals surface area contributed by atoms with E-state index in [2.05, 4.69) is 56.0 Å². The third-order valence-corrected chi connectivity index (χ3v) is 4.31. The summed E-state index contributed by atoms with van der Waals surface area (Å²) < 4.78 is 1.89. The van der Waals surface area contributed by atoms with E-state index >= 15 is 0 Å². The maximum Gasteiger partial charge on any atom is 0.252 e. The minimum Gasteiger partial charge on any atom is -0.352 e. The number of halogens is 2. The molecule has 2 aromatic rings. The second-order valence-corrected chi connectivity index (χ2v) is 6.57. The van der Waals surface area contributed by atoms with Gasteiger partial charge in [-0.1, -0.05) is 30.3 Å². The predicted molar refractivity (Wildman–Crippen MR) is 94.0 cm³/mol. The van der Waals surface area contributed by atoms with Gasteiger partial charge in [0.05, 0.1) is 5.56 Å². The predicted octanol–water partition coefficient (Wildman–Crippen LogP) is 4.42. The van der Waals surface area contributed by atoms with Gasteiger partial charge in [-0.2, -0.15) is 0 Å². The maximum atomic E-state index is 12.1. The van der Waals surface area contributed by atoms with Crippen molar-refractivity contribution in [2.45, 2.75) is 12.8 Å². The van der Waals surface area contributed by atoms with Gasteiger partial charge < -0.3 is 5.32 Å². The minimum absolute atomic E-state index is 0.0246. The van der Waals surface area contributed by atoms with Gasteiger partial charge in [0.15, 0.2) is 0 Å². The molecule has 0 aliphatic rings. The molecule has 0 radical (unpaired) electrons. The van der Waals surface area contributed by atoms with Gasteiger partial charge in [0.25, 0.3) is 5.91 Å². The van der Waals surface area contributed by atoms with Crippen molar-refractivity contribution in [3.63, 3.8) is 0 Å². The van der Waals surface area contributed by atoms with E-state index in [0.717, 1.165) is 20.9 Å². The molecule has 0 heterocycles. The van der Waals surface area contributed by atoms with Crippen LogP contribution in [0.2, 0.25) is 0 Å². The van der Waals surface area contributed by atoms with E-state index in [1.165, 1.54) is 5.56 Å². The van der Waals surface area contributed by atoms with Crippen molar-refractivity contribution < 1.29 is 4.79 Å². The molecular weight excluding hydrogens is 429 g/mol. The number of benzene rings is 2. The normalized spacial score (nSPS) is 10.3. The van der Waals surface area contributed by atoms with Crippen LogP contribution in [0.15, 0.2) is 53.0 Å². The number of carbonyl (C=O) groups excluding carboxylic acids is 1. The first-order valence-corrected chi connectivity index (χ1v) is 8.31. The second kappa shape index (κ2) is 7.78. The molecule has 0 fully saturated rings. The van der Waals surface area contributed by atoms with Gasteiger partial charge in [-0.25, -0.2) is 0 Å². The van der Waals surface area contributed by atoms with E-state index in [9.17, 15) is 4.79 Å². The van der Waals surface area contributed by atoms with E-state index in [4.69, 9.17) is 0 Å². The second-order valence-electron chi connectivity index (χ2n) is 4.47. The van der Waals surface area contributed by atoms with Gasteiger partial charge in [0.1, 0.15) is 0 Å². The Morgan fingerprint density at radius 3 is 2.65 bits per heavy atom. The van der Waals surface area contributed by atoms with E-state index in [0.29, 0.717) is 12.1 Å². The van der Waals surface area contributed by atoms with Crippen molar-refractivity contribution in [1.82, 2.24) is 5.32 Å². The van der Waals surface area contributed by atoms with Gasteiger partial charge in [0.2, 0.25) is 0 Å². The van der Waals surface area contributed by atoms with Crippen LogP contribution in [0, 0.1) is 3.57 Å². The molecule has 1 amide bonds. The quantitative estimate of drug-likeness (QED) is 0.538. The average molecular weight is 444 g/mol. The Balaban J connectivity index is 1.82. The summed E-state index contributed by atoms with van der Waals surface area (Å²) in [4.78, 5) is 12.1. The van der Waals surface area contributed by atoms with Gasteiger partial charge in [-0.3, -0.25) is 4.79 Å². The number of nitrogens with one attached hydrogen (secondary N) is 1. The summed E-state index contributed by atoms with van der Waals surface area (Å²) in [5, 5.41) is 2.96. The molecule has 0 saturated carbocycles. The van der Waals surface area contributed by atoms with Crippen LogP contribution in [-0.2, 0) is 6.42 Å². The first-order valence-electron chi connectivity index (χ1n) is 6.44. The van der Waals surface area contributed by atoms with Gasteiger partial charge in [-0.05, 0) is 75.1 Å². The lowest BCUT2D eigenvalue weighted by Gasteiger charge is -2.07. The zero-order valence-corrected chi connectivity index (χ0v) is 14.6. The van der Waals surface area contributed by atoms with Crippen molar-refractivity contribution in [3.8, 4) is 0 Å². The molecule has 0 spiro atoms. The van der Waals surface area contributed by atoms with Crippen LogP contribution in [-0.4, -0.2) is 12.5 Å². The Labute approximate surface area is 141 Å². The highest BCUT2D eigenvalue weighted by molar-refractivity contribution is 14.1. The zero-order chi connectivity index (χ0) is 14.4. The Bertz CT molecular complexity index is 586. The lowest BCUT2D eigenvalue weighted by atomic mass is 10.1. The zero-order valence-electron chi connectivity index (χ0n) is 10.9. The van der Waals surface area contributed by atoms with Crippen molar-refractivity contribution in [2.24, 2.45) is 0 Å². The van der Waals surface area contributed by atoms with Crippen molar-refractivity contribution >= 4 is 44.4 Å². The number of aryl methyl sites for hydroxylation is 1. The van der Waals surface area contributed by atoms with Crippen LogP contribution in [0.3, 0.4) is 0 Å². The van der Waals surface area contributed by atoms with Crippen LogP contribution >= 0.6 is 38.5 Å². The monoisotopic (exact) mass is 443 g/mol. The Morgan fingerprint density at radius 1 is 1.15 bits per heavy atom. The topological polar surface area (TPSA) is 29.1 Å². The Kier molecular flexibility index (Phi) is 6.04. The molecule has 4 heteroatoms. The minimum atomic E-state index is -0.0246. The summed E-state index contributed by atoms with van der Waals surface area (Å²) in [6.45, 7) is 0.686. The number of hydrogen-bond acceptors (Lipinski definition) is 1. The number of carbonyl (C=O) groups is 1. The molecule has 0 aromatic heterocycles. The molecule has 2 nitrogen and oxygen atoms in total. The molecule has 0 aliphatic carbocycles. The van der Waals surface area contributed by atoms with Gasteiger partial charge >= 0.3 is 0 Å². The van der Waals surface area contributed by atoms with E-state index in [-0.39, 0.29) is 5.91 Å². The number of hydrogen-bond donors (Lipinski definition) is 1. The number of rotatable bonds is 5. The molecule has 0 unspecified atom stereocenters. The summed E-state index contributed by atoms with van der Waals surface area (Å²) in [7, 11) is 0. The van der Waals surface area contributed by atoms with Crippen LogP contribution in [0.25, 0.3) is 0 Å². The molecule has 20 heavy (non-hydrogen) atoms. The molecule has 0 aliphatic heterocycles. The summed E-state index contributed by atoms with van der Waals surface area (Å²) in [5.74, 6) is -0.0246. The highest BCUT2D eigenvalue weighted by Gasteiger charge is 2.09. The molecular formula is C16H15BrINO. The van der Waals surface area contributed by atoms with E-state index in [1.54, 1.807) is 0 Å². The summed E-state index contributed by atoms with van der Waals surface area (Å²) in [6, 6.07) is 16.1. The molecule has 104 valence electrons. The highest BCUT2D eigenvalue weighted by atomic mass is 127. The molecule has 0 atom stereocenters. The smallest absolute Gasteiger partial charge is 0.252 e. The Hall–Kier alpha value is -0.880. The molecule has 0 saturated heterocycles. The first kappa shape index (κ1) is 15.5. The maximum absolute atomic E-state index is 12.1. The summed E-state index contributed by atoms with van der Waals surface area (Å²) in [6.07, 6.45) is 1.92. The molecule has 0 bridgehead atoms. The fourth-order valence-corrected chi connectivity index (χ4v) is 2.82. The third-order valence-electron chi connectivity index (χ3n) is 2.94. The summed E-state index contributed by atoms with van der Waals surface area (Å²) in [5.41, 5.74) is 1.99. The van der Waals surface area contributed by atoms with Crippen LogP contribution in [0.4, 0.5) is 0 Å². The van der Waals surface area contributed by atoms with E-state index < -0.39 is 0 Å². The van der Waals surface area contributed by atoms with Crippen LogP contribution < -0.4 is 5.32 Å². The standard InChI is InChI=1S/C16H15BrINO/c17-15-9-8-13(18)11-14(15)16(20)19-10-4-7-12-5-2-1-3-6-12/h1-3,5-6,8-9,11H,4,7,10H2,(H,19,20). The fourth-order valence-electron chi connectivity index (χ4n) is 1.91. The largest absolute Gasteiger partial charge is 0.352 e. The summed E-state index contributed by atoms with van der Waals surface area (Å²) >= 11 is 5.62. The average Bonchev–Trinajstić information content (AvgIpc) is 2.47. The van der Waals surface area contributed by atoms with Gasteiger partial charge in [-0.15, -0.1) is 0 Å². The van der Waals surface area contributed by atoms with Crippen LogP contribution in [0.5, 0.6) is 0 Å². The van der Waals surface area contributed by atoms with Gasteiger partial charge in [0, 0.05) is 14.6 Å². The Morgan fingerprint density at radius 2 is 1.90 bits per heavy atom. The first-order chi connectivity index (χ1) is 9.66. The highest BCUT2D eigenvalue weighted by Crippen LogP contribution is 2.19. The fraction of sp³-hybridized carbons (Fsp3) is 0.188. The lowest BCUT2D eigenvalue weighted by Crippen LogP contribution is -2.25. The van der Waals surface area contributed by atoms with Crippen molar-refractivity contribution in [3.05, 3.63) is 67.7 Å². The SMILES string of the molecule is O=C(NCCCc1ccccc1)c1cc(I)ccc1Br. The molecule has 2 aromatic carbocycles. The third kappa shape index (κ3) is 4.59. The lowest BCUT2D eigenvalue weighted by molar-refractivity contribution is 0.0952. The molecule has 1 N–H and O–H groups in total. The van der Waals surface area contributed by atoms with Crippen molar-refractivity contribution in [1.29, 1.82) is 0 Å².